The van der Waals surface area contributed by atoms with Gasteiger partial charge in [0.15, 0.2) is 11.5 Å². The maximum absolute atomic E-state index is 12.1. The Balaban J connectivity index is 0.00000129. The van der Waals surface area contributed by atoms with Gasteiger partial charge in [0.1, 0.15) is 60.1 Å². The summed E-state index contributed by atoms with van der Waals surface area (Å²) in [5.74, 6) is -12.9. The topological polar surface area (TPSA) is 734 Å². The Morgan fingerprint density at radius 2 is 0.949 bits per heavy atom. The van der Waals surface area contributed by atoms with Crippen LogP contribution in [0.2, 0.25) is 0 Å². The summed E-state index contributed by atoms with van der Waals surface area (Å²) >= 11 is 0. The molecule has 2 unspecified atom stereocenters. The highest BCUT2D eigenvalue weighted by Gasteiger charge is 2.72. The van der Waals surface area contributed by atoms with Crippen molar-refractivity contribution in [3.63, 3.8) is 0 Å². The number of carboxylic acid groups (broad SMARTS) is 7. The van der Waals surface area contributed by atoms with Crippen molar-refractivity contribution in [2.24, 2.45) is 29.6 Å². The van der Waals surface area contributed by atoms with Crippen LogP contribution in [0.15, 0.2) is 131 Å². The first kappa shape index (κ1) is 103. The highest BCUT2D eigenvalue weighted by molar-refractivity contribution is 8.76. The zero-order valence-electron chi connectivity index (χ0n) is 59.5. The number of esters is 4. The number of cyclic esters (lactones) is 4. The van der Waals surface area contributed by atoms with Crippen LogP contribution in [0.1, 0.15) is 59.2 Å². The lowest BCUT2D eigenvalue weighted by molar-refractivity contribution is -0.186. The summed E-state index contributed by atoms with van der Waals surface area (Å²) in [7, 11) is -0.618. The molecule has 2 atom stereocenters. The van der Waals surface area contributed by atoms with Gasteiger partial charge in [-0.1, -0.05) is 27.7 Å². The fraction of sp³-hybridized carbons (Fsp3) is 0.261. The van der Waals surface area contributed by atoms with E-state index in [4.69, 9.17) is 76.2 Å². The second-order valence-corrected chi connectivity index (χ2v) is 26.1. The molecule has 0 spiro atoms. The number of carboxylic acids is 7. The van der Waals surface area contributed by atoms with Gasteiger partial charge in [-0.25, -0.2) is 27.6 Å². The van der Waals surface area contributed by atoms with E-state index in [0.29, 0.717) is 62.8 Å². The third-order valence-corrected chi connectivity index (χ3v) is 17.9. The van der Waals surface area contributed by atoms with Crippen LogP contribution in [0, 0.1) is 29.6 Å². The number of phenolic OH excluding ortho intramolecular Hbond substituents is 5. The first-order valence-electron chi connectivity index (χ1n) is 31.7. The Morgan fingerprint density at radius 3 is 1.37 bits per heavy atom. The van der Waals surface area contributed by atoms with E-state index in [2.05, 4.69) is 42.6 Å². The van der Waals surface area contributed by atoms with Crippen LogP contribution in [0.4, 0.5) is 0 Å². The lowest BCUT2D eigenvalue weighted by atomic mass is 9.59. The molecule has 9 rings (SSSR count). The number of rotatable bonds is 32. The van der Waals surface area contributed by atoms with Gasteiger partial charge < -0.3 is 119 Å². The number of ether oxygens (including phenoxy) is 10. The molecule has 2 saturated heterocycles. The van der Waals surface area contributed by atoms with E-state index in [0.717, 1.165) is 30.5 Å². The lowest BCUT2D eigenvalue weighted by Gasteiger charge is -2.33. The standard InChI is InChI=1S/C12H10O4S.C8H4O6.C8H6O5.C8H12O4.C8H6O4.C7H6O4.C6H10O4S2.C4H6O6.C4H6O4.C4H4O4/c13-9-1-5-11(6-2-9)17(15,16)12-7-3-10(14)4-8-12;9-5-1-2(6(10)13-5)4-3(1)7(11)14-8(4)12;9-4-13-7-2-5(8(11)12)1-6(10)3-7;9-5-12-7-3-1-6(2-4-7)8(10)11;9-5-12-7-3-1-2-6(4-7)8(10)11;8-4-11-7-2-1-5(9)3-6(7)10;7-5-10-2-4-12-11-3-1-6(8)9;5-1-10-4(9)2(6)3(7)8;2*5-3-8-2-1-4(6)7/h1-8,13-14H;1-4H;1-4,10H,(H,11,12);5-7H,1-4H2,(H,10,11);1-5H,(H,10,11);1-4,9-10H;5H,1-4H2,(H,8,9);1-2,4,6,9H,(H,7,8);3H,1-2H2,(H,6,7);1-3H,(H,6,7)/b;;;;;;;;;2-1+. The van der Waals surface area contributed by atoms with Gasteiger partial charge in [0, 0.05) is 23.6 Å². The van der Waals surface area contributed by atoms with Crippen molar-refractivity contribution in [3.8, 4) is 46.0 Å². The van der Waals surface area contributed by atoms with E-state index >= 15 is 0 Å². The molecule has 2 heterocycles. The van der Waals surface area contributed by atoms with E-state index < -0.39 is 112 Å². The van der Waals surface area contributed by atoms with E-state index in [1.807, 2.05) is 0 Å². The number of aromatic hydroxyl groups is 5. The summed E-state index contributed by atoms with van der Waals surface area (Å²) in [5, 5.41) is 120. The summed E-state index contributed by atoms with van der Waals surface area (Å²) in [6.07, 6.45) is -0.0137. The number of aromatic carboxylic acids is 2. The van der Waals surface area contributed by atoms with Crippen LogP contribution in [0.5, 0.6) is 46.0 Å². The summed E-state index contributed by atoms with van der Waals surface area (Å²) in [4.78, 5) is 192. The second-order valence-electron chi connectivity index (χ2n) is 21.4. The Kier molecular flexibility index (Phi) is 49.9. The Hall–Kier alpha value is -14.3. The first-order chi connectivity index (χ1) is 55.3. The zero-order chi connectivity index (χ0) is 88.8. The van der Waals surface area contributed by atoms with Crippen molar-refractivity contribution in [2.45, 2.75) is 66.8 Å². The zero-order valence-corrected chi connectivity index (χ0v) is 61.9. The second kappa shape index (κ2) is 56.9. The summed E-state index contributed by atoms with van der Waals surface area (Å²) in [5.41, 5.74) is -0.0498. The number of sulfone groups is 1. The van der Waals surface area contributed by atoms with E-state index in [1.165, 1.54) is 107 Å². The minimum Gasteiger partial charge on any atom is -0.508 e. The summed E-state index contributed by atoms with van der Waals surface area (Å²) in [6, 6.07) is 23.3. The molecular formula is C69H70O45S3. The van der Waals surface area contributed by atoms with Crippen LogP contribution in [0.25, 0.3) is 0 Å². The van der Waals surface area contributed by atoms with E-state index in [-0.39, 0.29) is 137 Å². The van der Waals surface area contributed by atoms with Crippen LogP contribution in [0.3, 0.4) is 0 Å². The number of hydrogen-bond acceptors (Lipinski definition) is 40. The number of benzene rings is 5. The van der Waals surface area contributed by atoms with E-state index in [9.17, 15) is 99.5 Å². The highest BCUT2D eigenvalue weighted by Crippen LogP contribution is 2.55. The molecule has 45 nitrogen and oxygen atoms in total. The van der Waals surface area contributed by atoms with Crippen molar-refractivity contribution in [1.82, 2.24) is 0 Å². The third-order valence-electron chi connectivity index (χ3n) is 13.7. The number of carbonyl (C=O) groups is 19. The molecule has 117 heavy (non-hydrogen) atoms. The molecule has 0 radical (unpaired) electrons. The van der Waals surface area contributed by atoms with Gasteiger partial charge in [0.25, 0.3) is 51.8 Å². The van der Waals surface area contributed by atoms with Crippen molar-refractivity contribution in [1.29, 1.82) is 0 Å². The average molecular weight is 1720 g/mol. The molecular weight excluding hydrogens is 1640 g/mol. The number of aliphatic hydroxyl groups excluding tert-OH is 2. The maximum Gasteiger partial charge on any atom is 0.339 e. The summed E-state index contributed by atoms with van der Waals surface area (Å²) < 4.78 is 66.9. The largest absolute Gasteiger partial charge is 0.508 e. The van der Waals surface area contributed by atoms with Gasteiger partial charge in [-0.3, -0.25) is 71.9 Å². The van der Waals surface area contributed by atoms with Crippen molar-refractivity contribution in [2.75, 3.05) is 24.7 Å². The van der Waals surface area contributed by atoms with Crippen molar-refractivity contribution in [3.05, 3.63) is 133 Å². The molecule has 634 valence electrons. The quantitative estimate of drug-likeness (QED) is 0.00336. The monoisotopic (exact) mass is 1710 g/mol. The highest BCUT2D eigenvalue weighted by atomic mass is 33.1. The first-order valence-corrected chi connectivity index (χ1v) is 35.7. The Bertz CT molecular complexity index is 4160. The Morgan fingerprint density at radius 1 is 0.479 bits per heavy atom. The fourth-order valence-electron chi connectivity index (χ4n) is 8.50. The molecule has 14 N–H and O–H groups in total. The lowest BCUT2D eigenvalue weighted by Crippen LogP contribution is -2.50. The normalized spacial score (nSPS) is 16.2. The van der Waals surface area contributed by atoms with Crippen molar-refractivity contribution >= 4 is 149 Å². The van der Waals surface area contributed by atoms with Crippen LogP contribution in [-0.2, 0) is 125 Å². The molecule has 0 amide bonds. The fourth-order valence-corrected chi connectivity index (χ4v) is 11.6. The molecule has 2 aliphatic heterocycles. The molecule has 2 aliphatic carbocycles. The SMILES string of the molecule is O=C1OC(=O)C2C1C1C(=O)OC(=O)C21.O=CO/C=C/C(=O)O.O=COC(O)C(O)C(=O)O.O=COC1CCC(C(=O)O)CC1.O=COCCC(=O)O.O=COCCSSCCC(=O)O.O=COc1cc(O)cc(C(=O)O)c1.O=COc1ccc(O)cc1O.O=COc1cccc(C(=O)O)c1.O=S(=O)(c1ccc(O)cc1)c1ccc(O)cc1. The van der Waals surface area contributed by atoms with Gasteiger partial charge in [-0.15, -0.1) is 0 Å². The number of carbonyl (C=O) groups excluding carboxylic acids is 12. The summed E-state index contributed by atoms with van der Waals surface area (Å²) in [6.45, 7) is 1.99. The van der Waals surface area contributed by atoms with Crippen molar-refractivity contribution < 1.29 is 218 Å². The van der Waals surface area contributed by atoms with Gasteiger partial charge >= 0.3 is 65.7 Å². The third kappa shape index (κ3) is 41.2. The maximum atomic E-state index is 12.1. The number of aliphatic carboxylic acids is 5. The molecule has 0 aromatic heterocycles. The minimum absolute atomic E-state index is 0.00704. The molecule has 48 heteroatoms. The Labute approximate surface area is 664 Å². The van der Waals surface area contributed by atoms with Crippen LogP contribution >= 0.6 is 21.6 Å². The molecule has 4 aliphatic rings. The molecule has 0 bridgehead atoms. The molecule has 4 fully saturated rings. The number of phenols is 5. The number of hydrogen-bond donors (Lipinski definition) is 14. The average Bonchev–Trinajstić information content (AvgIpc) is 1.55. The molecule has 5 aromatic carbocycles. The minimum atomic E-state index is -3.59. The smallest absolute Gasteiger partial charge is 0.339 e. The van der Waals surface area contributed by atoms with E-state index in [1.54, 1.807) is 0 Å². The molecule has 2 saturated carbocycles. The van der Waals surface area contributed by atoms with Crippen LogP contribution in [-0.4, -0.2) is 241 Å². The number of aliphatic hydroxyl groups is 2. The van der Waals surface area contributed by atoms with Gasteiger partial charge in [-0.05, 0) is 117 Å². The molecule has 5 aromatic rings. The van der Waals surface area contributed by atoms with Gasteiger partial charge in [0.2, 0.25) is 22.2 Å². The predicted octanol–water partition coefficient (Wildman–Crippen LogP) is 1.87. The van der Waals surface area contributed by atoms with Gasteiger partial charge in [-0.2, -0.15) is 0 Å². The van der Waals surface area contributed by atoms with Gasteiger partial charge in [0.05, 0.1) is 69.4 Å². The van der Waals surface area contributed by atoms with Crippen LogP contribution < -0.4 is 14.2 Å². The number of fused-ring (bicyclic) bond motifs is 4. The predicted molar refractivity (Wildman–Crippen MR) is 381 cm³/mol.